The molecule has 1 rings (SSSR count). The topological polar surface area (TPSA) is 76.0 Å². The first-order valence-electron chi connectivity index (χ1n) is 5.14. The van der Waals surface area contributed by atoms with Crippen LogP contribution in [-0.2, 0) is 14.3 Å². The molecule has 92 valence electrons. The van der Waals surface area contributed by atoms with E-state index in [0.29, 0.717) is 0 Å². The minimum Gasteiger partial charge on any atom is -0.479 e. The fourth-order valence-electron chi connectivity index (χ4n) is 1.20. The molecule has 0 saturated heterocycles. The Labute approximate surface area is 99.5 Å². The number of carbonyl (C=O) groups is 2. The van der Waals surface area contributed by atoms with Gasteiger partial charge in [0, 0.05) is 6.21 Å². The van der Waals surface area contributed by atoms with Crippen LogP contribution in [0.5, 0.6) is 0 Å². The molecule has 5 nitrogen and oxygen atoms in total. The molecule has 0 aromatic carbocycles. The summed E-state index contributed by atoms with van der Waals surface area (Å²) in [6.45, 7) is 5.01. The van der Waals surface area contributed by atoms with Crippen LogP contribution in [0.25, 0.3) is 0 Å². The maximum absolute atomic E-state index is 11.9. The Hall–Kier alpha value is -1.91. The van der Waals surface area contributed by atoms with Gasteiger partial charge in [-0.05, 0) is 32.9 Å². The molecule has 1 aliphatic rings. The highest BCUT2D eigenvalue weighted by Crippen LogP contribution is 2.21. The van der Waals surface area contributed by atoms with Crippen molar-refractivity contribution in [3.05, 3.63) is 24.3 Å². The second kappa shape index (κ2) is 4.53. The number of carboxylic acids is 1. The van der Waals surface area contributed by atoms with Gasteiger partial charge >= 0.3 is 11.9 Å². The lowest BCUT2D eigenvalue weighted by Gasteiger charge is -2.26. The maximum atomic E-state index is 11.9. The Kier molecular flexibility index (Phi) is 3.50. The number of hydrogen-bond donors (Lipinski definition) is 1. The van der Waals surface area contributed by atoms with Crippen molar-refractivity contribution in [2.45, 2.75) is 31.9 Å². The van der Waals surface area contributed by atoms with Crippen LogP contribution in [-0.4, -0.2) is 34.4 Å². The molecule has 1 heterocycles. The highest BCUT2D eigenvalue weighted by Gasteiger charge is 2.46. The summed E-state index contributed by atoms with van der Waals surface area (Å²) in [5.74, 6) is -2.25. The quantitative estimate of drug-likeness (QED) is 0.581. The Bertz CT molecular complexity index is 397. The van der Waals surface area contributed by atoms with E-state index in [2.05, 4.69) is 4.99 Å². The summed E-state index contributed by atoms with van der Waals surface area (Å²) in [7, 11) is 0. The summed E-state index contributed by atoms with van der Waals surface area (Å²) in [4.78, 5) is 27.0. The van der Waals surface area contributed by atoms with Crippen molar-refractivity contribution < 1.29 is 19.4 Å². The molecule has 0 bridgehead atoms. The third kappa shape index (κ3) is 3.03. The molecule has 0 spiro atoms. The SMILES string of the molecule is CC(C)(C)OC(=O)C1(C(=O)O)C=CC=CC=N1. The second-order valence-corrected chi connectivity index (χ2v) is 4.60. The maximum Gasteiger partial charge on any atom is 0.350 e. The molecule has 17 heavy (non-hydrogen) atoms. The Morgan fingerprint density at radius 3 is 2.41 bits per heavy atom. The summed E-state index contributed by atoms with van der Waals surface area (Å²) < 4.78 is 5.08. The van der Waals surface area contributed by atoms with Crippen molar-refractivity contribution in [1.29, 1.82) is 0 Å². The number of hydrogen-bond acceptors (Lipinski definition) is 4. The molecule has 5 heteroatoms. The van der Waals surface area contributed by atoms with E-state index in [1.165, 1.54) is 18.4 Å². The van der Waals surface area contributed by atoms with E-state index in [1.807, 2.05) is 0 Å². The number of ether oxygens (including phenoxy) is 1. The van der Waals surface area contributed by atoms with Gasteiger partial charge in [0.2, 0.25) is 0 Å². The molecule has 1 unspecified atom stereocenters. The zero-order chi connectivity index (χ0) is 13.1. The van der Waals surface area contributed by atoms with Crippen molar-refractivity contribution in [1.82, 2.24) is 0 Å². The number of aliphatic imine (C=N–C) groups is 1. The van der Waals surface area contributed by atoms with Crippen molar-refractivity contribution in [3.63, 3.8) is 0 Å². The van der Waals surface area contributed by atoms with Gasteiger partial charge in [-0.2, -0.15) is 0 Å². The van der Waals surface area contributed by atoms with Crippen LogP contribution in [0.4, 0.5) is 0 Å². The number of carbonyl (C=O) groups excluding carboxylic acids is 1. The molecule has 0 aromatic heterocycles. The fourth-order valence-corrected chi connectivity index (χ4v) is 1.20. The Morgan fingerprint density at radius 2 is 1.88 bits per heavy atom. The van der Waals surface area contributed by atoms with E-state index >= 15 is 0 Å². The summed E-state index contributed by atoms with van der Waals surface area (Å²) in [5.41, 5.74) is -2.75. The van der Waals surface area contributed by atoms with Gasteiger partial charge in [-0.1, -0.05) is 12.2 Å². The van der Waals surface area contributed by atoms with E-state index in [1.54, 1.807) is 32.9 Å². The van der Waals surface area contributed by atoms with E-state index in [9.17, 15) is 14.7 Å². The molecule has 0 aliphatic carbocycles. The van der Waals surface area contributed by atoms with E-state index in [0.717, 1.165) is 0 Å². The van der Waals surface area contributed by atoms with Crippen LogP contribution in [0.1, 0.15) is 20.8 Å². The summed E-state index contributed by atoms with van der Waals surface area (Å²) in [6.07, 6.45) is 7.09. The zero-order valence-corrected chi connectivity index (χ0v) is 10.0. The number of allylic oxidation sites excluding steroid dienone is 3. The minimum absolute atomic E-state index is 0.761. The standard InChI is InChI=1S/C12H15NO4/c1-11(2,3)17-10(16)12(9(14)15)7-5-4-6-8-13-12/h4-8H,1-3H3,(H,14,15). The van der Waals surface area contributed by atoms with Crippen molar-refractivity contribution in [3.8, 4) is 0 Å². The van der Waals surface area contributed by atoms with Crippen LogP contribution in [0.15, 0.2) is 29.3 Å². The third-order valence-electron chi connectivity index (χ3n) is 1.96. The number of rotatable bonds is 2. The number of carboxylic acid groups (broad SMARTS) is 1. The van der Waals surface area contributed by atoms with E-state index in [4.69, 9.17) is 4.74 Å². The minimum atomic E-state index is -1.99. The predicted molar refractivity (Wildman–Crippen MR) is 63.0 cm³/mol. The normalized spacial score (nSPS) is 23.2. The molecular weight excluding hydrogens is 222 g/mol. The van der Waals surface area contributed by atoms with Gasteiger partial charge < -0.3 is 9.84 Å². The van der Waals surface area contributed by atoms with Gasteiger partial charge in [0.15, 0.2) is 0 Å². The lowest BCUT2D eigenvalue weighted by atomic mass is 10.00. The van der Waals surface area contributed by atoms with E-state index in [-0.39, 0.29) is 0 Å². The Morgan fingerprint density at radius 1 is 1.24 bits per heavy atom. The average Bonchev–Trinajstić information content (AvgIpc) is 2.40. The Balaban J connectivity index is 3.10. The smallest absolute Gasteiger partial charge is 0.350 e. The molecule has 0 aromatic rings. The van der Waals surface area contributed by atoms with E-state index < -0.39 is 23.1 Å². The largest absolute Gasteiger partial charge is 0.479 e. The lowest BCUT2D eigenvalue weighted by molar-refractivity contribution is -0.166. The van der Waals surface area contributed by atoms with Crippen LogP contribution in [0.2, 0.25) is 0 Å². The van der Waals surface area contributed by atoms with Crippen LogP contribution in [0, 0.1) is 0 Å². The summed E-state index contributed by atoms with van der Waals surface area (Å²) >= 11 is 0. The lowest BCUT2D eigenvalue weighted by Crippen LogP contribution is -2.47. The fraction of sp³-hybridized carbons (Fsp3) is 0.417. The summed E-state index contributed by atoms with van der Waals surface area (Å²) in [6, 6.07) is 0. The molecule has 1 aliphatic heterocycles. The van der Waals surface area contributed by atoms with Crippen LogP contribution < -0.4 is 0 Å². The molecule has 0 saturated carbocycles. The van der Waals surface area contributed by atoms with Gasteiger partial charge in [-0.15, -0.1) is 0 Å². The first kappa shape index (κ1) is 13.2. The molecular formula is C12H15NO4. The first-order valence-corrected chi connectivity index (χ1v) is 5.14. The average molecular weight is 237 g/mol. The monoisotopic (exact) mass is 237 g/mol. The first-order chi connectivity index (χ1) is 7.78. The predicted octanol–water partition coefficient (Wildman–Crippen LogP) is 1.35. The van der Waals surface area contributed by atoms with Crippen molar-refractivity contribution >= 4 is 18.2 Å². The zero-order valence-electron chi connectivity index (χ0n) is 10.0. The van der Waals surface area contributed by atoms with Gasteiger partial charge in [0.1, 0.15) is 5.60 Å². The third-order valence-corrected chi connectivity index (χ3v) is 1.96. The molecule has 0 amide bonds. The molecule has 1 N–H and O–H groups in total. The summed E-state index contributed by atoms with van der Waals surface area (Å²) in [5, 5.41) is 9.19. The van der Waals surface area contributed by atoms with Gasteiger partial charge in [0.05, 0.1) is 0 Å². The van der Waals surface area contributed by atoms with Crippen molar-refractivity contribution in [2.24, 2.45) is 4.99 Å². The number of aliphatic carboxylic acids is 1. The molecule has 0 radical (unpaired) electrons. The molecule has 1 atom stereocenters. The number of esters is 1. The highest BCUT2D eigenvalue weighted by molar-refractivity contribution is 6.08. The highest BCUT2D eigenvalue weighted by atomic mass is 16.6. The number of nitrogens with zero attached hydrogens (tertiary/aromatic N) is 1. The van der Waals surface area contributed by atoms with Crippen molar-refractivity contribution in [2.75, 3.05) is 0 Å². The molecule has 0 fully saturated rings. The second-order valence-electron chi connectivity index (χ2n) is 4.60. The van der Waals surface area contributed by atoms with Gasteiger partial charge in [-0.25, -0.2) is 9.59 Å². The van der Waals surface area contributed by atoms with Crippen LogP contribution in [0.3, 0.4) is 0 Å². The van der Waals surface area contributed by atoms with Gasteiger partial charge in [-0.3, -0.25) is 4.99 Å². The van der Waals surface area contributed by atoms with Crippen LogP contribution >= 0.6 is 0 Å². The van der Waals surface area contributed by atoms with Gasteiger partial charge in [0.25, 0.3) is 5.54 Å².